The zero-order valence-electron chi connectivity index (χ0n) is 36.5. The van der Waals surface area contributed by atoms with Gasteiger partial charge in [0.05, 0.1) is 11.1 Å². The Morgan fingerprint density at radius 2 is 0.615 bits per heavy atom. The predicted octanol–water partition coefficient (Wildman–Crippen LogP) is 16.9. The van der Waals surface area contributed by atoms with Crippen LogP contribution < -0.4 is 9.80 Å². The molecule has 308 valence electrons. The molecule has 0 atom stereocenters. The van der Waals surface area contributed by atoms with E-state index in [0.717, 1.165) is 34.1 Å². The Morgan fingerprint density at radius 1 is 0.262 bits per heavy atom. The Bertz CT molecular complexity index is 3250. The lowest BCUT2D eigenvalue weighted by molar-refractivity contribution is 0.775. The molecule has 65 heavy (non-hydrogen) atoms. The number of nitrogens with zero attached hydrogens (tertiary/aromatic N) is 2. The molecular weight excluding hydrogens is 785 g/mol. The SMILES string of the molecule is Cc1ccc(N(c2ccc(C)cc2)c2ccc(N(c3ccc(-c4ccccc4)cc3)c3cccc4c3-c3ccccc3C43c4ccccc4-c4ccccc4-c4ccccc43)cc2)cc1. The molecule has 2 nitrogen and oxygen atoms in total. The average molecular weight is 831 g/mol. The molecule has 2 aliphatic rings. The van der Waals surface area contributed by atoms with Gasteiger partial charge in [0.15, 0.2) is 0 Å². The van der Waals surface area contributed by atoms with Crippen molar-refractivity contribution >= 4 is 34.1 Å². The summed E-state index contributed by atoms with van der Waals surface area (Å²) in [6.07, 6.45) is 0. The summed E-state index contributed by atoms with van der Waals surface area (Å²) in [5, 5.41) is 0. The lowest BCUT2D eigenvalue weighted by Crippen LogP contribution is -2.29. The van der Waals surface area contributed by atoms with Crippen molar-refractivity contribution in [2.24, 2.45) is 0 Å². The van der Waals surface area contributed by atoms with Crippen molar-refractivity contribution in [3.8, 4) is 44.5 Å². The number of fused-ring (bicyclic) bond motifs is 12. The third-order valence-electron chi connectivity index (χ3n) is 13.6. The van der Waals surface area contributed by atoms with Crippen LogP contribution in [0.1, 0.15) is 33.4 Å². The van der Waals surface area contributed by atoms with E-state index in [1.165, 1.54) is 77.9 Å². The first-order valence-corrected chi connectivity index (χ1v) is 22.6. The van der Waals surface area contributed by atoms with Gasteiger partial charge in [-0.1, -0.05) is 187 Å². The molecule has 0 fully saturated rings. The normalized spacial score (nSPS) is 12.6. The maximum atomic E-state index is 2.47. The monoisotopic (exact) mass is 830 g/mol. The van der Waals surface area contributed by atoms with Gasteiger partial charge in [-0.2, -0.15) is 0 Å². The van der Waals surface area contributed by atoms with Gasteiger partial charge in [0.2, 0.25) is 0 Å². The van der Waals surface area contributed by atoms with Gasteiger partial charge in [-0.05, 0) is 142 Å². The van der Waals surface area contributed by atoms with Crippen LogP contribution >= 0.6 is 0 Å². The number of hydrogen-bond acceptors (Lipinski definition) is 2. The summed E-state index contributed by atoms with van der Waals surface area (Å²) in [5.74, 6) is 0. The van der Waals surface area contributed by atoms with Crippen LogP contribution in [-0.2, 0) is 5.41 Å². The largest absolute Gasteiger partial charge is 0.311 e. The summed E-state index contributed by atoms with van der Waals surface area (Å²) < 4.78 is 0. The van der Waals surface area contributed by atoms with Crippen LogP contribution in [0.2, 0.25) is 0 Å². The van der Waals surface area contributed by atoms with E-state index < -0.39 is 5.41 Å². The predicted molar refractivity (Wildman–Crippen MR) is 272 cm³/mol. The fourth-order valence-corrected chi connectivity index (χ4v) is 10.7. The first kappa shape index (κ1) is 38.5. The molecule has 10 aromatic rings. The molecule has 10 aromatic carbocycles. The highest BCUT2D eigenvalue weighted by Crippen LogP contribution is 2.63. The summed E-state index contributed by atoms with van der Waals surface area (Å²) >= 11 is 0. The van der Waals surface area contributed by atoms with Crippen molar-refractivity contribution in [1.82, 2.24) is 0 Å². The number of anilines is 6. The van der Waals surface area contributed by atoms with Crippen LogP contribution in [0.4, 0.5) is 34.1 Å². The lowest BCUT2D eigenvalue weighted by atomic mass is 9.66. The maximum Gasteiger partial charge on any atom is 0.0726 e. The molecule has 0 heterocycles. The molecule has 12 rings (SSSR count). The topological polar surface area (TPSA) is 6.48 Å². The van der Waals surface area contributed by atoms with Crippen molar-refractivity contribution in [3.05, 3.63) is 276 Å². The van der Waals surface area contributed by atoms with E-state index in [2.05, 4.69) is 266 Å². The second kappa shape index (κ2) is 15.6. The highest BCUT2D eigenvalue weighted by atomic mass is 15.2. The molecule has 1 spiro atoms. The highest BCUT2D eigenvalue weighted by molar-refractivity contribution is 6.02. The van der Waals surface area contributed by atoms with Gasteiger partial charge >= 0.3 is 0 Å². The van der Waals surface area contributed by atoms with Gasteiger partial charge in [-0.25, -0.2) is 0 Å². The molecule has 0 radical (unpaired) electrons. The van der Waals surface area contributed by atoms with Crippen molar-refractivity contribution < 1.29 is 0 Å². The van der Waals surface area contributed by atoms with Crippen molar-refractivity contribution in [2.75, 3.05) is 9.80 Å². The van der Waals surface area contributed by atoms with Crippen LogP contribution in [0.25, 0.3) is 44.5 Å². The summed E-state index contributed by atoms with van der Waals surface area (Å²) in [7, 11) is 0. The van der Waals surface area contributed by atoms with E-state index in [1.807, 2.05) is 0 Å². The molecule has 0 saturated heterocycles. The van der Waals surface area contributed by atoms with Gasteiger partial charge in [-0.15, -0.1) is 0 Å². The van der Waals surface area contributed by atoms with Crippen molar-refractivity contribution in [1.29, 1.82) is 0 Å². The van der Waals surface area contributed by atoms with Gasteiger partial charge in [0.1, 0.15) is 0 Å². The molecule has 0 amide bonds. The highest BCUT2D eigenvalue weighted by Gasteiger charge is 2.50. The Morgan fingerprint density at radius 3 is 1.12 bits per heavy atom. The van der Waals surface area contributed by atoms with Gasteiger partial charge in [0.25, 0.3) is 0 Å². The number of benzene rings is 10. The van der Waals surface area contributed by atoms with Gasteiger partial charge < -0.3 is 9.80 Å². The quantitative estimate of drug-likeness (QED) is 0.158. The molecule has 0 saturated carbocycles. The van der Waals surface area contributed by atoms with Gasteiger partial charge in [0, 0.05) is 34.0 Å². The maximum absolute atomic E-state index is 2.47. The van der Waals surface area contributed by atoms with Crippen LogP contribution in [0, 0.1) is 13.8 Å². The molecule has 0 unspecified atom stereocenters. The molecule has 0 aliphatic heterocycles. The summed E-state index contributed by atoms with van der Waals surface area (Å²) in [6, 6.07) is 89.8. The van der Waals surface area contributed by atoms with E-state index in [9.17, 15) is 0 Å². The zero-order chi connectivity index (χ0) is 43.5. The second-order valence-electron chi connectivity index (χ2n) is 17.4. The minimum absolute atomic E-state index is 0.580. The summed E-state index contributed by atoms with van der Waals surface area (Å²) in [5.41, 5.74) is 23.7. The molecule has 2 heteroatoms. The minimum Gasteiger partial charge on any atom is -0.311 e. The second-order valence-corrected chi connectivity index (χ2v) is 17.4. The summed E-state index contributed by atoms with van der Waals surface area (Å²) in [4.78, 5) is 4.82. The standard InChI is InChI=1S/C63H46N2/c1-43-27-33-47(34-28-43)64(48-35-29-44(2)30-36-48)49-39-41-51(42-40-49)65(50-37-31-46(32-38-50)45-15-4-3-5-16-45)61-26-14-25-60-62(61)56-21-10-13-24-59(56)63(60)57-22-11-8-19-54(57)52-17-6-7-18-53(52)55-20-9-12-23-58(55)63/h3-42H,1-2H3. The van der Waals surface area contributed by atoms with Crippen LogP contribution in [0.3, 0.4) is 0 Å². The van der Waals surface area contributed by atoms with Crippen molar-refractivity contribution in [3.63, 3.8) is 0 Å². The number of aryl methyl sites for hydroxylation is 2. The van der Waals surface area contributed by atoms with E-state index in [1.54, 1.807) is 0 Å². The van der Waals surface area contributed by atoms with Crippen molar-refractivity contribution in [2.45, 2.75) is 19.3 Å². The smallest absolute Gasteiger partial charge is 0.0726 e. The van der Waals surface area contributed by atoms with Gasteiger partial charge in [-0.3, -0.25) is 0 Å². The molecule has 0 bridgehead atoms. The fourth-order valence-electron chi connectivity index (χ4n) is 10.7. The third-order valence-corrected chi connectivity index (χ3v) is 13.6. The third kappa shape index (κ3) is 6.17. The molecule has 0 N–H and O–H groups in total. The van der Waals surface area contributed by atoms with E-state index in [-0.39, 0.29) is 0 Å². The molecule has 0 aromatic heterocycles. The Labute approximate surface area is 382 Å². The van der Waals surface area contributed by atoms with E-state index >= 15 is 0 Å². The van der Waals surface area contributed by atoms with Crippen LogP contribution in [0.5, 0.6) is 0 Å². The first-order chi connectivity index (χ1) is 32.1. The first-order valence-electron chi connectivity index (χ1n) is 22.6. The number of hydrogen-bond donors (Lipinski definition) is 0. The average Bonchev–Trinajstić information content (AvgIpc) is 3.62. The Hall–Kier alpha value is -8.20. The van der Waals surface area contributed by atoms with E-state index in [0.29, 0.717) is 0 Å². The zero-order valence-corrected chi connectivity index (χ0v) is 36.5. The Balaban J connectivity index is 1.09. The minimum atomic E-state index is -0.580. The van der Waals surface area contributed by atoms with Crippen LogP contribution in [0.15, 0.2) is 243 Å². The van der Waals surface area contributed by atoms with E-state index in [4.69, 9.17) is 0 Å². The Kier molecular flexibility index (Phi) is 9.21. The van der Waals surface area contributed by atoms with Crippen LogP contribution in [-0.4, -0.2) is 0 Å². The molecular formula is C63H46N2. The molecule has 2 aliphatic carbocycles. The lowest BCUT2D eigenvalue weighted by Gasteiger charge is -2.35. The fraction of sp³-hybridized carbons (Fsp3) is 0.0476. The number of rotatable bonds is 7. The summed E-state index contributed by atoms with van der Waals surface area (Å²) in [6.45, 7) is 4.28.